The summed E-state index contributed by atoms with van der Waals surface area (Å²) in [5.41, 5.74) is 4.80. The van der Waals surface area contributed by atoms with Crippen molar-refractivity contribution >= 4 is 12.1 Å². The molecule has 0 atom stereocenters. The topological polar surface area (TPSA) is 55.6 Å². The summed E-state index contributed by atoms with van der Waals surface area (Å²) in [6.07, 6.45) is 5.38. The lowest BCUT2D eigenvalue weighted by molar-refractivity contribution is 0.0955. The molecule has 0 aliphatic carbocycles. The predicted octanol–water partition coefficient (Wildman–Crippen LogP) is 3.25. The van der Waals surface area contributed by atoms with Crippen LogP contribution in [0.5, 0.6) is 5.75 Å². The van der Waals surface area contributed by atoms with Gasteiger partial charge in [-0.15, -0.1) is 0 Å². The minimum Gasteiger partial charge on any atom is -0.497 e. The second-order valence-corrected chi connectivity index (χ2v) is 5.08. The maximum Gasteiger partial charge on any atom is 0.273 e. The number of amides is 1. The summed E-state index contributed by atoms with van der Waals surface area (Å²) in [6.45, 7) is 0. The first kappa shape index (κ1) is 15.6. The van der Waals surface area contributed by atoms with Gasteiger partial charge in [-0.25, -0.2) is 5.43 Å². The van der Waals surface area contributed by atoms with Crippen molar-refractivity contribution in [3.63, 3.8) is 0 Å². The van der Waals surface area contributed by atoms with Crippen molar-refractivity contribution in [3.8, 4) is 11.4 Å². The number of carbonyl (C=O) groups excluding carboxylic acids is 1. The Balaban J connectivity index is 1.72. The van der Waals surface area contributed by atoms with Gasteiger partial charge in [0.1, 0.15) is 5.75 Å². The molecule has 0 radical (unpaired) electrons. The van der Waals surface area contributed by atoms with Gasteiger partial charge in [-0.2, -0.15) is 5.10 Å². The molecule has 0 fully saturated rings. The zero-order valence-corrected chi connectivity index (χ0v) is 13.2. The number of carbonyl (C=O) groups is 1. The van der Waals surface area contributed by atoms with Gasteiger partial charge < -0.3 is 9.30 Å². The number of nitrogens with one attached hydrogen (secondary N) is 1. The standard InChI is InChI=1S/C19H17N3O2/c1-24-16-10-8-15(9-11-16)14-20-21-19(23)17-6-2-3-7-18(17)22-12-4-5-13-22/h2-14H,1H3,(H,21,23)/b20-14-. The lowest BCUT2D eigenvalue weighted by atomic mass is 10.1. The van der Waals surface area contributed by atoms with Crippen LogP contribution in [0, 0.1) is 0 Å². The number of para-hydroxylation sites is 1. The molecule has 5 nitrogen and oxygen atoms in total. The lowest BCUT2D eigenvalue weighted by Gasteiger charge is -2.09. The molecular weight excluding hydrogens is 302 g/mol. The van der Waals surface area contributed by atoms with Crippen LogP contribution in [0.4, 0.5) is 0 Å². The number of hydrogen-bond donors (Lipinski definition) is 1. The summed E-state index contributed by atoms with van der Waals surface area (Å²) in [5, 5.41) is 4.02. The van der Waals surface area contributed by atoms with Crippen molar-refractivity contribution < 1.29 is 9.53 Å². The smallest absolute Gasteiger partial charge is 0.273 e. The largest absolute Gasteiger partial charge is 0.497 e. The summed E-state index contributed by atoms with van der Waals surface area (Å²) in [7, 11) is 1.62. The van der Waals surface area contributed by atoms with Gasteiger partial charge in [-0.3, -0.25) is 4.79 Å². The van der Waals surface area contributed by atoms with Crippen LogP contribution < -0.4 is 10.2 Å². The highest BCUT2D eigenvalue weighted by molar-refractivity contribution is 5.98. The van der Waals surface area contributed by atoms with Crippen molar-refractivity contribution in [2.75, 3.05) is 7.11 Å². The summed E-state index contributed by atoms with van der Waals surface area (Å²) in [4.78, 5) is 12.4. The zero-order valence-electron chi connectivity index (χ0n) is 13.2. The van der Waals surface area contributed by atoms with Crippen LogP contribution in [0.25, 0.3) is 5.69 Å². The van der Waals surface area contributed by atoms with Crippen LogP contribution in [0.3, 0.4) is 0 Å². The van der Waals surface area contributed by atoms with E-state index in [2.05, 4.69) is 10.5 Å². The Labute approximate surface area is 140 Å². The molecule has 0 aliphatic rings. The van der Waals surface area contributed by atoms with Crippen molar-refractivity contribution in [2.24, 2.45) is 5.10 Å². The van der Waals surface area contributed by atoms with Gasteiger partial charge in [-0.05, 0) is 54.1 Å². The molecule has 0 aliphatic heterocycles. The highest BCUT2D eigenvalue weighted by Gasteiger charge is 2.10. The molecule has 24 heavy (non-hydrogen) atoms. The second kappa shape index (κ2) is 7.28. The fourth-order valence-electron chi connectivity index (χ4n) is 2.30. The molecule has 3 rings (SSSR count). The maximum absolute atomic E-state index is 12.4. The van der Waals surface area contributed by atoms with E-state index in [1.54, 1.807) is 19.4 Å². The van der Waals surface area contributed by atoms with E-state index in [0.717, 1.165) is 17.0 Å². The highest BCUT2D eigenvalue weighted by Crippen LogP contribution is 2.14. The molecular formula is C19H17N3O2. The van der Waals surface area contributed by atoms with E-state index in [0.29, 0.717) is 5.56 Å². The number of rotatable bonds is 5. The van der Waals surface area contributed by atoms with E-state index in [9.17, 15) is 4.79 Å². The Morgan fingerprint density at radius 1 is 1.04 bits per heavy atom. The van der Waals surface area contributed by atoms with E-state index >= 15 is 0 Å². The molecule has 0 unspecified atom stereocenters. The monoisotopic (exact) mass is 319 g/mol. The van der Waals surface area contributed by atoms with Gasteiger partial charge in [0.05, 0.1) is 24.6 Å². The molecule has 120 valence electrons. The molecule has 5 heteroatoms. The van der Waals surface area contributed by atoms with Gasteiger partial charge in [0.25, 0.3) is 5.91 Å². The van der Waals surface area contributed by atoms with E-state index in [-0.39, 0.29) is 5.91 Å². The third kappa shape index (κ3) is 3.52. The Kier molecular flexibility index (Phi) is 4.72. The van der Waals surface area contributed by atoms with Crippen LogP contribution >= 0.6 is 0 Å². The number of benzene rings is 2. The number of aromatic nitrogens is 1. The van der Waals surface area contributed by atoms with Crippen molar-refractivity contribution in [3.05, 3.63) is 84.2 Å². The molecule has 1 amide bonds. The van der Waals surface area contributed by atoms with Crippen LogP contribution in [0.1, 0.15) is 15.9 Å². The van der Waals surface area contributed by atoms with Gasteiger partial charge in [0.15, 0.2) is 0 Å². The third-order valence-corrected chi connectivity index (χ3v) is 3.53. The minimum absolute atomic E-state index is 0.260. The molecule has 1 N–H and O–H groups in total. The highest BCUT2D eigenvalue weighted by atomic mass is 16.5. The molecule has 1 aromatic heterocycles. The Morgan fingerprint density at radius 3 is 2.46 bits per heavy atom. The predicted molar refractivity (Wildman–Crippen MR) is 93.8 cm³/mol. The molecule has 0 bridgehead atoms. The van der Waals surface area contributed by atoms with Crippen LogP contribution in [-0.4, -0.2) is 23.8 Å². The summed E-state index contributed by atoms with van der Waals surface area (Å²) in [5.74, 6) is 0.515. The van der Waals surface area contributed by atoms with Gasteiger partial charge >= 0.3 is 0 Å². The third-order valence-electron chi connectivity index (χ3n) is 3.53. The quantitative estimate of drug-likeness (QED) is 0.580. The first-order valence-electron chi connectivity index (χ1n) is 7.48. The zero-order chi connectivity index (χ0) is 16.8. The van der Waals surface area contributed by atoms with Crippen LogP contribution in [0.2, 0.25) is 0 Å². The number of hydrogen-bond acceptors (Lipinski definition) is 3. The SMILES string of the molecule is COc1ccc(/C=N\NC(=O)c2ccccc2-n2cccc2)cc1. The molecule has 1 heterocycles. The lowest BCUT2D eigenvalue weighted by Crippen LogP contribution is -2.19. The molecule has 0 saturated heterocycles. The van der Waals surface area contributed by atoms with Crippen molar-refractivity contribution in [1.82, 2.24) is 9.99 Å². The van der Waals surface area contributed by atoms with Gasteiger partial charge in [0.2, 0.25) is 0 Å². The maximum atomic E-state index is 12.4. The number of methoxy groups -OCH3 is 1. The fourth-order valence-corrected chi connectivity index (χ4v) is 2.30. The Morgan fingerprint density at radius 2 is 1.75 bits per heavy atom. The Hall–Kier alpha value is -3.34. The Bertz CT molecular complexity index is 837. The van der Waals surface area contributed by atoms with E-state index in [1.807, 2.05) is 71.6 Å². The number of hydrazone groups is 1. The number of ether oxygens (including phenoxy) is 1. The average molecular weight is 319 g/mol. The van der Waals surface area contributed by atoms with Crippen LogP contribution in [-0.2, 0) is 0 Å². The van der Waals surface area contributed by atoms with Crippen molar-refractivity contribution in [2.45, 2.75) is 0 Å². The molecule has 3 aromatic rings. The van der Waals surface area contributed by atoms with Crippen molar-refractivity contribution in [1.29, 1.82) is 0 Å². The molecule has 0 saturated carbocycles. The van der Waals surface area contributed by atoms with E-state index in [1.165, 1.54) is 0 Å². The van der Waals surface area contributed by atoms with Gasteiger partial charge in [0, 0.05) is 12.4 Å². The van der Waals surface area contributed by atoms with Crippen LogP contribution in [0.15, 0.2) is 78.2 Å². The first-order valence-corrected chi connectivity index (χ1v) is 7.48. The van der Waals surface area contributed by atoms with Gasteiger partial charge in [-0.1, -0.05) is 12.1 Å². The molecule has 2 aromatic carbocycles. The fraction of sp³-hybridized carbons (Fsp3) is 0.0526. The second-order valence-electron chi connectivity index (χ2n) is 5.08. The normalized spacial score (nSPS) is 10.7. The van der Waals surface area contributed by atoms with E-state index in [4.69, 9.17) is 4.74 Å². The minimum atomic E-state index is -0.260. The summed E-state index contributed by atoms with van der Waals surface area (Å²) < 4.78 is 6.99. The summed E-state index contributed by atoms with van der Waals surface area (Å²) in [6, 6.07) is 18.6. The van der Waals surface area contributed by atoms with E-state index < -0.39 is 0 Å². The number of nitrogens with zero attached hydrogens (tertiary/aromatic N) is 2. The summed E-state index contributed by atoms with van der Waals surface area (Å²) >= 11 is 0. The molecule has 0 spiro atoms. The average Bonchev–Trinajstić information content (AvgIpc) is 3.17. The first-order chi connectivity index (χ1) is 11.8.